The molecule has 1 aromatic carbocycles. The van der Waals surface area contributed by atoms with Crippen molar-refractivity contribution in [3.8, 4) is 0 Å². The van der Waals surface area contributed by atoms with E-state index in [0.717, 1.165) is 0 Å². The molecule has 126 valence electrons. The summed E-state index contributed by atoms with van der Waals surface area (Å²) in [5, 5.41) is 0. The van der Waals surface area contributed by atoms with E-state index in [-0.39, 0.29) is 29.1 Å². The molecule has 0 aliphatic rings. The summed E-state index contributed by atoms with van der Waals surface area (Å²) in [7, 11) is 0. The Labute approximate surface area is 147 Å². The van der Waals surface area contributed by atoms with Crippen LogP contribution in [0.25, 0.3) is 0 Å². The molecular formula is C17H23BrN2O3. The summed E-state index contributed by atoms with van der Waals surface area (Å²) >= 11 is 0. The number of ether oxygens (including phenoxy) is 2. The summed E-state index contributed by atoms with van der Waals surface area (Å²) in [5.74, 6) is 0.0786. The minimum atomic E-state index is -0.305. The fraction of sp³-hybridized carbons (Fsp3) is 0.412. The third-order valence-electron chi connectivity index (χ3n) is 3.29. The fourth-order valence-electron chi connectivity index (χ4n) is 2.26. The van der Waals surface area contributed by atoms with Gasteiger partial charge in [0.25, 0.3) is 0 Å². The molecule has 1 aromatic heterocycles. The highest BCUT2D eigenvalue weighted by Gasteiger charge is 2.19. The van der Waals surface area contributed by atoms with Crippen molar-refractivity contribution < 1.29 is 35.9 Å². The first-order valence-electron chi connectivity index (χ1n) is 7.61. The highest BCUT2D eigenvalue weighted by atomic mass is 79.9. The van der Waals surface area contributed by atoms with Crippen molar-refractivity contribution in [2.24, 2.45) is 0 Å². The third kappa shape index (κ3) is 5.89. The lowest BCUT2D eigenvalue weighted by atomic mass is 10.1. The Kier molecular flexibility index (Phi) is 8.76. The fourth-order valence-corrected chi connectivity index (χ4v) is 2.26. The molecule has 0 bridgehead atoms. The molecule has 23 heavy (non-hydrogen) atoms. The first kappa shape index (κ1) is 19.5. The van der Waals surface area contributed by atoms with Gasteiger partial charge in [0.2, 0.25) is 12.3 Å². The van der Waals surface area contributed by atoms with Crippen LogP contribution in [-0.4, -0.2) is 30.0 Å². The van der Waals surface area contributed by atoms with E-state index in [0.29, 0.717) is 31.9 Å². The lowest BCUT2D eigenvalue weighted by Gasteiger charge is -2.16. The first-order valence-corrected chi connectivity index (χ1v) is 7.61. The van der Waals surface area contributed by atoms with Gasteiger partial charge in [0.1, 0.15) is 6.54 Å². The van der Waals surface area contributed by atoms with Crippen LogP contribution in [-0.2, 0) is 22.6 Å². The predicted molar refractivity (Wildman–Crippen MR) is 82.4 cm³/mol. The zero-order valence-corrected chi connectivity index (χ0v) is 15.1. The Morgan fingerprint density at radius 3 is 2.39 bits per heavy atom. The predicted octanol–water partition coefficient (Wildman–Crippen LogP) is -0.938. The number of hydrogen-bond acceptors (Lipinski definition) is 3. The van der Waals surface area contributed by atoms with Gasteiger partial charge in [-0.05, 0) is 13.8 Å². The van der Waals surface area contributed by atoms with Crippen LogP contribution >= 0.6 is 0 Å². The van der Waals surface area contributed by atoms with Gasteiger partial charge in [0.05, 0.1) is 6.20 Å². The quantitative estimate of drug-likeness (QED) is 0.319. The van der Waals surface area contributed by atoms with Gasteiger partial charge in [-0.25, -0.2) is 0 Å². The van der Waals surface area contributed by atoms with Crippen molar-refractivity contribution >= 4 is 5.78 Å². The lowest BCUT2D eigenvalue weighted by molar-refractivity contribution is -0.764. The van der Waals surface area contributed by atoms with E-state index in [1.807, 2.05) is 72.0 Å². The number of aromatic nitrogens is 2. The standard InChI is InChI=1S/C17H23N2O3.BrH/c1-3-21-17(22-4-2)14-19-12-8-11-18(19)13-16(20)15-9-6-5-7-10-15;/h5-12,17H,3-4,13-14H2,1-2H3;1H/q+1;/p-1. The Bertz CT molecular complexity index is 581. The van der Waals surface area contributed by atoms with E-state index in [4.69, 9.17) is 9.47 Å². The molecule has 2 rings (SSSR count). The van der Waals surface area contributed by atoms with Crippen molar-refractivity contribution in [3.05, 3.63) is 54.4 Å². The van der Waals surface area contributed by atoms with Crippen LogP contribution in [0.15, 0.2) is 48.8 Å². The molecule has 6 heteroatoms. The van der Waals surface area contributed by atoms with Crippen molar-refractivity contribution in [3.63, 3.8) is 0 Å². The van der Waals surface area contributed by atoms with Crippen LogP contribution in [0, 0.1) is 0 Å². The second-order valence-electron chi connectivity index (χ2n) is 4.84. The first-order chi connectivity index (χ1) is 10.7. The van der Waals surface area contributed by atoms with Gasteiger partial charge in [-0.1, -0.05) is 30.3 Å². The minimum absolute atomic E-state index is 0. The van der Waals surface area contributed by atoms with Gasteiger partial charge in [0.15, 0.2) is 12.5 Å². The number of ketones is 1. The molecule has 0 spiro atoms. The molecule has 1 heterocycles. The molecule has 2 aromatic rings. The van der Waals surface area contributed by atoms with Crippen molar-refractivity contribution in [1.29, 1.82) is 0 Å². The summed E-state index contributed by atoms with van der Waals surface area (Å²) in [6.45, 7) is 5.91. The topological polar surface area (TPSA) is 44.3 Å². The number of carbonyl (C=O) groups is 1. The van der Waals surface area contributed by atoms with Crippen molar-refractivity contribution in [1.82, 2.24) is 4.68 Å². The Morgan fingerprint density at radius 2 is 1.78 bits per heavy atom. The second kappa shape index (κ2) is 10.3. The molecule has 0 atom stereocenters. The summed E-state index contributed by atoms with van der Waals surface area (Å²) in [4.78, 5) is 12.3. The maximum Gasteiger partial charge on any atom is 0.234 e. The zero-order chi connectivity index (χ0) is 15.8. The van der Waals surface area contributed by atoms with Gasteiger partial charge in [0, 0.05) is 24.8 Å². The number of hydrogen-bond donors (Lipinski definition) is 0. The van der Waals surface area contributed by atoms with Gasteiger partial charge >= 0.3 is 0 Å². The van der Waals surface area contributed by atoms with Crippen molar-refractivity contribution in [2.45, 2.75) is 33.2 Å². The molecule has 0 radical (unpaired) electrons. The number of rotatable bonds is 9. The van der Waals surface area contributed by atoms with Crippen LogP contribution in [0.1, 0.15) is 24.2 Å². The third-order valence-corrected chi connectivity index (χ3v) is 3.29. The molecule has 0 N–H and O–H groups in total. The number of carbonyl (C=O) groups excluding carboxylic acids is 1. The van der Waals surface area contributed by atoms with Crippen LogP contribution in [0.5, 0.6) is 0 Å². The van der Waals surface area contributed by atoms with E-state index in [9.17, 15) is 4.79 Å². The number of nitrogens with zero attached hydrogens (tertiary/aromatic N) is 2. The number of benzene rings is 1. The molecule has 0 saturated heterocycles. The van der Waals surface area contributed by atoms with Crippen LogP contribution in [0.4, 0.5) is 0 Å². The molecule has 0 aliphatic heterocycles. The average Bonchev–Trinajstić information content (AvgIpc) is 2.95. The van der Waals surface area contributed by atoms with E-state index in [1.165, 1.54) is 0 Å². The molecular weight excluding hydrogens is 360 g/mol. The monoisotopic (exact) mass is 382 g/mol. The zero-order valence-electron chi connectivity index (χ0n) is 13.5. The summed E-state index contributed by atoms with van der Waals surface area (Å²) < 4.78 is 14.9. The summed E-state index contributed by atoms with van der Waals surface area (Å²) in [5.41, 5.74) is 0.717. The Balaban J connectivity index is 0.00000264. The van der Waals surface area contributed by atoms with Gasteiger partial charge < -0.3 is 26.5 Å². The van der Waals surface area contributed by atoms with Gasteiger partial charge in [-0.15, -0.1) is 4.68 Å². The molecule has 0 amide bonds. The smallest absolute Gasteiger partial charge is 0.234 e. The van der Waals surface area contributed by atoms with E-state index >= 15 is 0 Å². The van der Waals surface area contributed by atoms with Crippen LogP contribution in [0.3, 0.4) is 0 Å². The highest BCUT2D eigenvalue weighted by Crippen LogP contribution is 2.02. The average molecular weight is 383 g/mol. The van der Waals surface area contributed by atoms with E-state index < -0.39 is 0 Å². The summed E-state index contributed by atoms with van der Waals surface area (Å²) in [6.07, 6.45) is 3.50. The molecule has 0 unspecified atom stereocenters. The lowest BCUT2D eigenvalue weighted by Crippen LogP contribution is -3.00. The molecule has 0 fully saturated rings. The maximum absolute atomic E-state index is 12.3. The molecule has 5 nitrogen and oxygen atoms in total. The van der Waals surface area contributed by atoms with E-state index in [2.05, 4.69) is 0 Å². The number of Topliss-reactive ketones (excluding diaryl/α,β-unsaturated/α-hetero) is 1. The second-order valence-corrected chi connectivity index (χ2v) is 4.84. The van der Waals surface area contributed by atoms with Gasteiger partial charge in [-0.3, -0.25) is 4.79 Å². The molecule has 0 aliphatic carbocycles. The van der Waals surface area contributed by atoms with E-state index in [1.54, 1.807) is 0 Å². The number of halogens is 1. The Hall–Kier alpha value is -1.50. The van der Waals surface area contributed by atoms with Crippen LogP contribution in [0.2, 0.25) is 0 Å². The largest absolute Gasteiger partial charge is 1.00 e. The van der Waals surface area contributed by atoms with Gasteiger partial charge in [-0.2, -0.15) is 4.68 Å². The van der Waals surface area contributed by atoms with Crippen LogP contribution < -0.4 is 21.7 Å². The summed E-state index contributed by atoms with van der Waals surface area (Å²) in [6, 6.07) is 11.2. The maximum atomic E-state index is 12.3. The highest BCUT2D eigenvalue weighted by molar-refractivity contribution is 5.94. The SMILES string of the molecule is CCOC(Cn1ccc[n+]1CC(=O)c1ccccc1)OCC.[Br-]. The van der Waals surface area contributed by atoms with Crippen molar-refractivity contribution in [2.75, 3.05) is 13.2 Å². The Morgan fingerprint density at radius 1 is 1.13 bits per heavy atom. The minimum Gasteiger partial charge on any atom is -1.00 e. The normalized spacial score (nSPS) is 10.6. The molecule has 0 saturated carbocycles.